The Bertz CT molecular complexity index is 1400. The van der Waals surface area contributed by atoms with Gasteiger partial charge in [-0.2, -0.15) is 5.26 Å². The van der Waals surface area contributed by atoms with E-state index in [-0.39, 0.29) is 46.3 Å². The number of carboxylic acid groups (broad SMARTS) is 1. The van der Waals surface area contributed by atoms with Crippen LogP contribution in [0.25, 0.3) is 0 Å². The highest BCUT2D eigenvalue weighted by Crippen LogP contribution is 2.40. The molecule has 0 radical (unpaired) electrons. The van der Waals surface area contributed by atoms with Crippen LogP contribution in [0.2, 0.25) is 4.34 Å². The molecule has 1 saturated heterocycles. The molecule has 0 unspecified atom stereocenters. The lowest BCUT2D eigenvalue weighted by atomic mass is 10.0. The Morgan fingerprint density at radius 2 is 2.24 bits per heavy atom. The van der Waals surface area contributed by atoms with Crippen LogP contribution in [-0.2, 0) is 32.3 Å². The third-order valence-electron chi connectivity index (χ3n) is 5.54. The molecular weight excluding hydrogens is 562 g/mol. The highest BCUT2D eigenvalue weighted by atomic mass is 35.5. The number of carbonyl (C=O) groups excluding carboxylic acids is 3. The van der Waals surface area contributed by atoms with E-state index in [1.54, 1.807) is 27.7 Å². The molecule has 2 atom stereocenters. The summed E-state index contributed by atoms with van der Waals surface area (Å²) >= 11 is 8.23. The minimum absolute atomic E-state index is 0.0430. The van der Waals surface area contributed by atoms with Crippen molar-refractivity contribution in [1.82, 2.24) is 19.9 Å². The number of hydrogen-bond donors (Lipinski definition) is 4. The van der Waals surface area contributed by atoms with Crippen LogP contribution in [-0.4, -0.2) is 73.5 Å². The number of halogens is 1. The number of nitriles is 1. The first-order valence-corrected chi connectivity index (χ1v) is 13.1. The summed E-state index contributed by atoms with van der Waals surface area (Å²) in [5.74, 6) is -2.52. The average Bonchev–Trinajstić information content (AvgIpc) is 3.40. The van der Waals surface area contributed by atoms with Crippen LogP contribution in [0, 0.1) is 11.3 Å². The smallest absolute Gasteiger partial charge is 0.276 e. The van der Waals surface area contributed by atoms with Crippen LogP contribution in [0.4, 0.5) is 10.9 Å². The molecule has 6 N–H and O–H groups in total. The molecular formula is C20H20ClN9O6S2. The first-order valence-electron chi connectivity index (χ1n) is 10.8. The Kier molecular flexibility index (Phi) is 8.06. The molecule has 200 valence electrons. The van der Waals surface area contributed by atoms with E-state index >= 15 is 0 Å². The second-order valence-electron chi connectivity index (χ2n) is 7.83. The summed E-state index contributed by atoms with van der Waals surface area (Å²) in [5.41, 5.74) is 11.2. The zero-order valence-electron chi connectivity index (χ0n) is 19.4. The van der Waals surface area contributed by atoms with E-state index in [2.05, 4.69) is 15.5 Å². The van der Waals surface area contributed by atoms with Crippen LogP contribution in [0.15, 0.2) is 28.7 Å². The number of fused-ring (bicyclic) bond motifs is 1. The van der Waals surface area contributed by atoms with E-state index in [9.17, 15) is 24.6 Å². The molecule has 2 aliphatic heterocycles. The van der Waals surface area contributed by atoms with Crippen LogP contribution in [0.1, 0.15) is 5.69 Å². The predicted octanol–water partition coefficient (Wildman–Crippen LogP) is -2.61. The normalized spacial score (nSPS) is 19.0. The van der Waals surface area contributed by atoms with Gasteiger partial charge in [0.2, 0.25) is 6.61 Å². The number of aliphatic carboxylic acids is 1. The number of aliphatic hydroxyl groups is 1. The molecule has 0 spiro atoms. The van der Waals surface area contributed by atoms with Gasteiger partial charge in [0.25, 0.3) is 11.8 Å². The molecule has 0 aliphatic carbocycles. The van der Waals surface area contributed by atoms with Gasteiger partial charge in [0.1, 0.15) is 34.1 Å². The Morgan fingerprint density at radius 1 is 1.47 bits per heavy atom. The van der Waals surface area contributed by atoms with Crippen molar-refractivity contribution in [2.75, 3.05) is 30.4 Å². The molecule has 4 heterocycles. The highest BCUT2D eigenvalue weighted by molar-refractivity contribution is 8.00. The van der Waals surface area contributed by atoms with E-state index in [0.717, 1.165) is 16.2 Å². The maximum atomic E-state index is 13.0. The zero-order chi connectivity index (χ0) is 27.6. The van der Waals surface area contributed by atoms with E-state index in [4.69, 9.17) is 33.2 Å². The van der Waals surface area contributed by atoms with Gasteiger partial charge < -0.3 is 36.6 Å². The van der Waals surface area contributed by atoms with Gasteiger partial charge in [0.05, 0.1) is 24.3 Å². The number of nitrogens with one attached hydrogen (secondary N) is 1. The molecule has 2 aromatic rings. The summed E-state index contributed by atoms with van der Waals surface area (Å²) < 4.78 is 3.24. The maximum Gasteiger partial charge on any atom is 0.276 e. The summed E-state index contributed by atoms with van der Waals surface area (Å²) in [6.07, 6.45) is 1.63. The fourth-order valence-corrected chi connectivity index (χ4v) is 6.21. The molecule has 1 fully saturated rings. The third kappa shape index (κ3) is 5.11. The summed E-state index contributed by atoms with van der Waals surface area (Å²) in [6.45, 7) is -0.371. The molecule has 0 saturated carbocycles. The molecule has 2 aromatic heterocycles. The fraction of sp³-hybridized carbons (Fsp3) is 0.350. The number of amides is 2. The number of nitrogens with zero attached hydrogens (tertiary/aromatic N) is 6. The number of carboxylic acids is 1. The number of nitrogens with two attached hydrogens (primary N) is 2. The van der Waals surface area contributed by atoms with Crippen LogP contribution in [0.5, 0.6) is 0 Å². The third-order valence-corrected chi connectivity index (χ3v) is 7.97. The fourth-order valence-electron chi connectivity index (χ4n) is 3.95. The van der Waals surface area contributed by atoms with Gasteiger partial charge in [-0.3, -0.25) is 14.5 Å². The van der Waals surface area contributed by atoms with Crippen molar-refractivity contribution in [2.45, 2.75) is 24.5 Å². The van der Waals surface area contributed by atoms with Crippen molar-refractivity contribution >= 4 is 69.1 Å². The number of hydrogen-bond acceptors (Lipinski definition) is 13. The minimum atomic E-state index is -1.55. The topological polar surface area (TPSA) is 229 Å². The van der Waals surface area contributed by atoms with E-state index in [1.807, 2.05) is 0 Å². The summed E-state index contributed by atoms with van der Waals surface area (Å²) in [5, 5.41) is 35.5. The van der Waals surface area contributed by atoms with E-state index in [1.165, 1.54) is 11.8 Å². The lowest BCUT2D eigenvalue weighted by Crippen LogP contribution is -2.71. The average molecular weight is 582 g/mol. The molecule has 18 heteroatoms. The first-order chi connectivity index (χ1) is 18.2. The number of oxime groups is 1. The number of thioether (sulfide) groups is 1. The predicted molar refractivity (Wildman–Crippen MR) is 133 cm³/mol. The molecule has 2 aliphatic rings. The number of aromatic nitrogens is 3. The van der Waals surface area contributed by atoms with Crippen molar-refractivity contribution in [3.8, 4) is 6.07 Å². The Morgan fingerprint density at radius 3 is 2.87 bits per heavy atom. The Hall–Kier alpha value is -3.85. The van der Waals surface area contributed by atoms with Gasteiger partial charge in [-0.15, -0.1) is 21.1 Å². The molecule has 0 bridgehead atoms. The molecule has 0 aromatic carbocycles. The van der Waals surface area contributed by atoms with E-state index in [0.29, 0.717) is 11.4 Å². The number of anilines is 2. The number of aliphatic hydroxyl groups excluding tert-OH is 1. The highest BCUT2D eigenvalue weighted by Gasteiger charge is 2.53. The van der Waals surface area contributed by atoms with Gasteiger partial charge >= 0.3 is 0 Å². The number of thiazole rings is 1. The standard InChI is InChI=1S/C20H20ClN9O6S2/c21-15-11(26-20(24)38-15)12(27-36-6-2-22)16(32)25-13-17(33)30-14(19(34)35)9(8-37-18(13)30)7-28-3-1-10(23)29(28)4-5-31/h1,3,13,18,23,31H,4-8H2,(H4,24,25,26,32,34,35)/b27-12-/t13-,18-/m1/s1. The lowest BCUT2D eigenvalue weighted by molar-refractivity contribution is -0.767. The maximum absolute atomic E-state index is 13.0. The molecule has 4 rings (SSSR count). The monoisotopic (exact) mass is 581 g/mol. The number of rotatable bonds is 10. The zero-order valence-corrected chi connectivity index (χ0v) is 21.8. The van der Waals surface area contributed by atoms with Crippen LogP contribution < -0.4 is 26.6 Å². The second kappa shape index (κ2) is 11.3. The lowest BCUT2D eigenvalue weighted by Gasteiger charge is -2.50. The van der Waals surface area contributed by atoms with Gasteiger partial charge in [-0.05, 0) is 0 Å². The minimum Gasteiger partial charge on any atom is -0.543 e. The van der Waals surface area contributed by atoms with Crippen LogP contribution in [0.3, 0.4) is 0 Å². The molecule has 2 amide bonds. The molecule has 15 nitrogen and oxygen atoms in total. The van der Waals surface area contributed by atoms with Gasteiger partial charge in [-0.1, -0.05) is 28.1 Å². The number of β-lactam (4-membered cyclic amide) rings is 1. The van der Waals surface area contributed by atoms with Crippen molar-refractivity contribution < 1.29 is 34.1 Å². The number of carbonyl (C=O) groups is 3. The van der Waals surface area contributed by atoms with Crippen molar-refractivity contribution in [3.63, 3.8) is 0 Å². The summed E-state index contributed by atoms with van der Waals surface area (Å²) in [7, 11) is 0. The van der Waals surface area contributed by atoms with Gasteiger partial charge in [-0.25, -0.2) is 4.98 Å². The quantitative estimate of drug-likeness (QED) is 0.0746. The summed E-state index contributed by atoms with van der Waals surface area (Å²) in [6, 6.07) is 2.21. The van der Waals surface area contributed by atoms with Gasteiger partial charge in [0.15, 0.2) is 29.4 Å². The van der Waals surface area contributed by atoms with Gasteiger partial charge in [0, 0.05) is 11.3 Å². The Labute approximate surface area is 227 Å². The SMILES string of the molecule is N#CCO/N=C(\C(=O)N[C@@H]1C(=O)N2C(C(=O)[O-])=C(C[n+]3ccc(N)n3CCO)CS[C@H]12)c1nc(N)sc1Cl. The van der Waals surface area contributed by atoms with Crippen molar-refractivity contribution in [1.29, 1.82) is 5.26 Å². The van der Waals surface area contributed by atoms with Crippen LogP contribution >= 0.6 is 34.7 Å². The number of nitrogen functional groups attached to an aromatic ring is 2. The molecule has 38 heavy (non-hydrogen) atoms. The summed E-state index contributed by atoms with van der Waals surface area (Å²) in [4.78, 5) is 48.0. The van der Waals surface area contributed by atoms with Crippen molar-refractivity contribution in [3.05, 3.63) is 33.6 Å². The largest absolute Gasteiger partial charge is 0.543 e. The first kappa shape index (κ1) is 27.2. The second-order valence-corrected chi connectivity index (χ2v) is 10.6. The van der Waals surface area contributed by atoms with E-state index < -0.39 is 41.5 Å². The van der Waals surface area contributed by atoms with Crippen molar-refractivity contribution in [2.24, 2.45) is 5.16 Å². The Balaban J connectivity index is 1.56.